The van der Waals surface area contributed by atoms with Crippen molar-refractivity contribution in [2.24, 2.45) is 0 Å². The molecule has 8 nitrogen and oxygen atoms in total. The van der Waals surface area contributed by atoms with E-state index >= 15 is 0 Å². The van der Waals surface area contributed by atoms with E-state index in [1.807, 2.05) is 65.6 Å². The molecule has 0 N–H and O–H groups in total. The first kappa shape index (κ1) is 22.7. The Labute approximate surface area is 197 Å². The van der Waals surface area contributed by atoms with Crippen LogP contribution in [0.15, 0.2) is 75.9 Å². The molecule has 1 fully saturated rings. The molecule has 3 heterocycles. The van der Waals surface area contributed by atoms with E-state index in [1.54, 1.807) is 0 Å². The lowest BCUT2D eigenvalue weighted by atomic mass is 10.2. The molecule has 0 saturated carbocycles. The Hall–Kier alpha value is -3.49. The highest BCUT2D eigenvalue weighted by atomic mass is 35.5. The van der Waals surface area contributed by atoms with Crippen LogP contribution in [0.5, 0.6) is 0 Å². The first-order chi connectivity index (χ1) is 15.8. The topological polar surface area (TPSA) is 88.5 Å². The monoisotopic (exact) mass is 465 g/mol. The predicted molar refractivity (Wildman–Crippen MR) is 125 cm³/mol. The molecule has 170 valence electrons. The van der Waals surface area contributed by atoms with Gasteiger partial charge in [-0.05, 0) is 30.7 Å². The normalized spacial score (nSPS) is 14.5. The number of benzene rings is 2. The van der Waals surface area contributed by atoms with Gasteiger partial charge in [-0.15, -0.1) is 12.4 Å². The summed E-state index contributed by atoms with van der Waals surface area (Å²) in [6.07, 6.45) is 2.30. The summed E-state index contributed by atoms with van der Waals surface area (Å²) in [6, 6.07) is 19.3. The average Bonchev–Trinajstić information content (AvgIpc) is 3.46. The molecule has 4 aromatic rings. The van der Waals surface area contributed by atoms with Crippen LogP contribution in [0, 0.1) is 0 Å². The Bertz CT molecular complexity index is 1180. The molecule has 0 radical (unpaired) electrons. The number of oxazole rings is 1. The Morgan fingerprint density at radius 2 is 1.55 bits per heavy atom. The van der Waals surface area contributed by atoms with Crippen molar-refractivity contribution in [1.29, 1.82) is 0 Å². The number of amides is 1. The summed E-state index contributed by atoms with van der Waals surface area (Å²) in [5.74, 6) is 1.51. The fraction of sp³-hybridized carbons (Fsp3) is 0.250. The van der Waals surface area contributed by atoms with Gasteiger partial charge in [0.25, 0.3) is 11.8 Å². The molecule has 1 saturated heterocycles. The lowest BCUT2D eigenvalue weighted by Gasteiger charge is -2.20. The summed E-state index contributed by atoms with van der Waals surface area (Å²) in [6.45, 7) is 3.44. The molecule has 33 heavy (non-hydrogen) atoms. The molecule has 0 bridgehead atoms. The lowest BCUT2D eigenvalue weighted by molar-refractivity contribution is 0.0755. The van der Waals surface area contributed by atoms with Gasteiger partial charge in [-0.1, -0.05) is 41.6 Å². The van der Waals surface area contributed by atoms with E-state index in [2.05, 4.69) is 20.0 Å². The van der Waals surface area contributed by atoms with E-state index in [-0.39, 0.29) is 18.3 Å². The maximum Gasteiger partial charge on any atom is 0.275 e. The zero-order valence-electron chi connectivity index (χ0n) is 18.0. The van der Waals surface area contributed by atoms with Crippen LogP contribution in [0.2, 0.25) is 0 Å². The minimum Gasteiger partial charge on any atom is -0.444 e. The zero-order chi connectivity index (χ0) is 21.8. The second-order valence-electron chi connectivity index (χ2n) is 7.71. The number of aromatic nitrogens is 3. The molecular formula is C24H24ClN5O3. The van der Waals surface area contributed by atoms with Crippen molar-refractivity contribution >= 4 is 18.3 Å². The highest BCUT2D eigenvalue weighted by Gasteiger charge is 2.24. The van der Waals surface area contributed by atoms with Crippen molar-refractivity contribution in [3.63, 3.8) is 0 Å². The van der Waals surface area contributed by atoms with Crippen LogP contribution < -0.4 is 0 Å². The molecule has 0 spiro atoms. The van der Waals surface area contributed by atoms with Crippen LogP contribution in [0.4, 0.5) is 0 Å². The Kier molecular flexibility index (Phi) is 7.16. The van der Waals surface area contributed by atoms with Gasteiger partial charge in [0.15, 0.2) is 11.5 Å². The summed E-state index contributed by atoms with van der Waals surface area (Å²) in [5.41, 5.74) is 2.09. The molecule has 1 aliphatic rings. The van der Waals surface area contributed by atoms with Crippen LogP contribution in [0.25, 0.3) is 22.9 Å². The second-order valence-corrected chi connectivity index (χ2v) is 7.71. The van der Waals surface area contributed by atoms with E-state index in [1.165, 1.54) is 6.26 Å². The number of hydrogen-bond acceptors (Lipinski definition) is 7. The fourth-order valence-electron chi connectivity index (χ4n) is 3.80. The standard InChI is InChI=1S/C24H23N5O3.ClH/c30-24(20-17-31-22(25-20)18-8-3-1-4-9-18)29-13-7-12-28(14-15-29)16-21-26-23(32-27-21)19-10-5-2-6-11-19;/h1-6,8-11,17H,7,12-16H2;1H. The predicted octanol–water partition coefficient (Wildman–Crippen LogP) is 4.16. The van der Waals surface area contributed by atoms with Crippen molar-refractivity contribution in [3.8, 4) is 22.9 Å². The zero-order valence-corrected chi connectivity index (χ0v) is 18.8. The summed E-state index contributed by atoms with van der Waals surface area (Å²) in [4.78, 5) is 26.0. The van der Waals surface area contributed by atoms with Crippen LogP contribution in [0.1, 0.15) is 22.7 Å². The molecule has 2 aromatic carbocycles. The molecule has 2 aromatic heterocycles. The number of halogens is 1. The number of carbonyl (C=O) groups excluding carboxylic acids is 1. The summed E-state index contributed by atoms with van der Waals surface area (Å²) >= 11 is 0. The van der Waals surface area contributed by atoms with Gasteiger partial charge in [0.2, 0.25) is 5.89 Å². The summed E-state index contributed by atoms with van der Waals surface area (Å²) in [7, 11) is 0. The van der Waals surface area contributed by atoms with Crippen LogP contribution >= 0.6 is 12.4 Å². The highest BCUT2D eigenvalue weighted by Crippen LogP contribution is 2.20. The highest BCUT2D eigenvalue weighted by molar-refractivity contribution is 5.92. The molecular weight excluding hydrogens is 442 g/mol. The fourth-order valence-corrected chi connectivity index (χ4v) is 3.80. The van der Waals surface area contributed by atoms with Crippen LogP contribution in [-0.4, -0.2) is 57.0 Å². The van der Waals surface area contributed by atoms with Crippen molar-refractivity contribution in [2.75, 3.05) is 26.2 Å². The Morgan fingerprint density at radius 3 is 2.27 bits per heavy atom. The third-order valence-electron chi connectivity index (χ3n) is 5.47. The Morgan fingerprint density at radius 1 is 0.848 bits per heavy atom. The maximum absolute atomic E-state index is 13.0. The second kappa shape index (κ2) is 10.4. The largest absolute Gasteiger partial charge is 0.444 e. The van der Waals surface area contributed by atoms with Gasteiger partial charge < -0.3 is 13.8 Å². The third-order valence-corrected chi connectivity index (χ3v) is 5.47. The van der Waals surface area contributed by atoms with Crippen molar-refractivity contribution in [2.45, 2.75) is 13.0 Å². The number of hydrogen-bond donors (Lipinski definition) is 0. The smallest absolute Gasteiger partial charge is 0.275 e. The lowest BCUT2D eigenvalue weighted by Crippen LogP contribution is -2.35. The molecule has 5 rings (SSSR count). The number of rotatable bonds is 5. The van der Waals surface area contributed by atoms with Crippen molar-refractivity contribution in [3.05, 3.63) is 78.4 Å². The molecule has 0 unspecified atom stereocenters. The van der Waals surface area contributed by atoms with Crippen LogP contribution in [-0.2, 0) is 6.54 Å². The first-order valence-corrected chi connectivity index (χ1v) is 10.7. The van der Waals surface area contributed by atoms with Gasteiger partial charge in [0.05, 0.1) is 6.54 Å². The van der Waals surface area contributed by atoms with Gasteiger partial charge in [0.1, 0.15) is 6.26 Å². The summed E-state index contributed by atoms with van der Waals surface area (Å²) < 4.78 is 10.9. The van der Waals surface area contributed by atoms with Crippen molar-refractivity contribution in [1.82, 2.24) is 24.9 Å². The van der Waals surface area contributed by atoms with E-state index in [0.29, 0.717) is 42.9 Å². The van der Waals surface area contributed by atoms with E-state index in [9.17, 15) is 4.79 Å². The maximum atomic E-state index is 13.0. The van der Waals surface area contributed by atoms with E-state index in [4.69, 9.17) is 8.94 Å². The SMILES string of the molecule is Cl.O=C(c1coc(-c2ccccc2)n1)N1CCCN(Cc2noc(-c3ccccc3)n2)CC1. The molecule has 0 aliphatic carbocycles. The average molecular weight is 466 g/mol. The van der Waals surface area contributed by atoms with Crippen molar-refractivity contribution < 1.29 is 13.7 Å². The quantitative estimate of drug-likeness (QED) is 0.437. The van der Waals surface area contributed by atoms with Gasteiger partial charge in [-0.25, -0.2) is 4.98 Å². The van der Waals surface area contributed by atoms with Gasteiger partial charge in [0, 0.05) is 37.3 Å². The molecule has 0 atom stereocenters. The summed E-state index contributed by atoms with van der Waals surface area (Å²) in [5, 5.41) is 4.12. The molecule has 9 heteroatoms. The van der Waals surface area contributed by atoms with E-state index in [0.717, 1.165) is 30.6 Å². The van der Waals surface area contributed by atoms with Gasteiger partial charge in [-0.3, -0.25) is 9.69 Å². The third kappa shape index (κ3) is 5.30. The molecule has 1 aliphatic heterocycles. The minimum atomic E-state index is -0.108. The molecule has 1 amide bonds. The first-order valence-electron chi connectivity index (χ1n) is 10.7. The number of nitrogens with zero attached hydrogens (tertiary/aromatic N) is 5. The van der Waals surface area contributed by atoms with Gasteiger partial charge in [-0.2, -0.15) is 4.98 Å². The Balaban J connectivity index is 0.00000259. The minimum absolute atomic E-state index is 0. The number of carbonyl (C=O) groups is 1. The van der Waals surface area contributed by atoms with Gasteiger partial charge >= 0.3 is 0 Å². The van der Waals surface area contributed by atoms with Crippen LogP contribution in [0.3, 0.4) is 0 Å². The van der Waals surface area contributed by atoms with E-state index < -0.39 is 0 Å².